The average molecular weight is 451 g/mol. The molecule has 0 aromatic carbocycles. The van der Waals surface area contributed by atoms with Gasteiger partial charge in [-0.15, -0.1) is 22.7 Å². The Hall–Kier alpha value is -1.94. The highest BCUT2D eigenvalue weighted by molar-refractivity contribution is 7.89. The lowest BCUT2D eigenvalue weighted by Gasteiger charge is -2.34. The van der Waals surface area contributed by atoms with E-state index in [-0.39, 0.29) is 22.8 Å². The third kappa shape index (κ3) is 4.05. The minimum absolute atomic E-state index is 0.0273. The molecule has 0 radical (unpaired) electrons. The minimum Gasteiger partial charge on any atom is -0.438 e. The van der Waals surface area contributed by atoms with E-state index >= 15 is 0 Å². The van der Waals surface area contributed by atoms with E-state index < -0.39 is 15.6 Å². The summed E-state index contributed by atoms with van der Waals surface area (Å²) in [5.41, 5.74) is 0.480. The maximum Gasteiger partial charge on any atom is 0.290 e. The van der Waals surface area contributed by atoms with E-state index in [9.17, 15) is 13.2 Å². The number of nitrogens with one attached hydrogen (secondary N) is 1. The van der Waals surface area contributed by atoms with Crippen molar-refractivity contribution in [3.05, 3.63) is 62.2 Å². The van der Waals surface area contributed by atoms with Crippen LogP contribution in [-0.4, -0.2) is 31.3 Å². The molecule has 29 heavy (non-hydrogen) atoms. The van der Waals surface area contributed by atoms with Crippen LogP contribution in [0.3, 0.4) is 0 Å². The molecule has 0 saturated heterocycles. The Balaban J connectivity index is 1.66. The highest BCUT2D eigenvalue weighted by atomic mass is 32.2. The van der Waals surface area contributed by atoms with Crippen LogP contribution in [0.2, 0.25) is 0 Å². The lowest BCUT2D eigenvalue weighted by molar-refractivity contribution is 0.0660. The van der Waals surface area contributed by atoms with Crippen LogP contribution < -0.4 is 4.72 Å². The van der Waals surface area contributed by atoms with E-state index in [1.165, 1.54) is 17.0 Å². The molecule has 0 aliphatic carbocycles. The Kier molecular flexibility index (Phi) is 5.18. The topological polar surface area (TPSA) is 79.6 Å². The molecule has 1 aliphatic rings. The van der Waals surface area contributed by atoms with Gasteiger partial charge in [-0.3, -0.25) is 4.79 Å². The second kappa shape index (κ2) is 7.39. The fraction of sp³-hybridized carbons (Fsp3) is 0.350. The van der Waals surface area contributed by atoms with Gasteiger partial charge < -0.3 is 9.32 Å². The molecule has 0 bridgehead atoms. The number of furan rings is 1. The van der Waals surface area contributed by atoms with Gasteiger partial charge in [0.05, 0.1) is 6.04 Å². The summed E-state index contributed by atoms with van der Waals surface area (Å²) in [6.07, 6.45) is 0.776. The van der Waals surface area contributed by atoms with Crippen molar-refractivity contribution >= 4 is 38.6 Å². The fourth-order valence-corrected chi connectivity index (χ4v) is 6.58. The molecule has 9 heteroatoms. The SMILES string of the molecule is CC(C)(C)NS(=O)(=O)c1ccc(C(=O)N2CCc3sccc3C2c2cccs2)o1. The predicted molar refractivity (Wildman–Crippen MR) is 114 cm³/mol. The number of nitrogens with zero attached hydrogens (tertiary/aromatic N) is 1. The Morgan fingerprint density at radius 1 is 1.17 bits per heavy atom. The molecule has 3 aromatic heterocycles. The van der Waals surface area contributed by atoms with E-state index in [0.29, 0.717) is 6.54 Å². The first-order chi connectivity index (χ1) is 13.7. The van der Waals surface area contributed by atoms with Crippen molar-refractivity contribution in [2.75, 3.05) is 6.54 Å². The van der Waals surface area contributed by atoms with Gasteiger partial charge in [0.1, 0.15) is 0 Å². The summed E-state index contributed by atoms with van der Waals surface area (Å²) in [7, 11) is -3.84. The molecular weight excluding hydrogens is 428 g/mol. The number of sulfonamides is 1. The maximum absolute atomic E-state index is 13.3. The van der Waals surface area contributed by atoms with E-state index in [1.54, 1.807) is 48.3 Å². The molecule has 1 N–H and O–H groups in total. The van der Waals surface area contributed by atoms with Gasteiger partial charge in [-0.05, 0) is 67.8 Å². The smallest absolute Gasteiger partial charge is 0.290 e. The first kappa shape index (κ1) is 20.3. The zero-order valence-corrected chi connectivity index (χ0v) is 18.8. The van der Waals surface area contributed by atoms with Crippen LogP contribution in [0, 0.1) is 0 Å². The standard InChI is InChI=1S/C20H22N2O4S3/c1-20(2,3)21-29(24,25)17-7-6-14(26-17)19(23)22-10-8-15-13(9-12-28-15)18(22)16-5-4-11-27-16/h4-7,9,11-12,18,21H,8,10H2,1-3H3. The van der Waals surface area contributed by atoms with Gasteiger partial charge in [0, 0.05) is 21.8 Å². The number of hydrogen-bond acceptors (Lipinski definition) is 6. The number of amides is 1. The number of carbonyl (C=O) groups excluding carboxylic acids is 1. The summed E-state index contributed by atoms with van der Waals surface area (Å²) in [5, 5.41) is 3.79. The van der Waals surface area contributed by atoms with Gasteiger partial charge in [0.15, 0.2) is 5.76 Å². The normalized spacial score (nSPS) is 17.3. The summed E-state index contributed by atoms with van der Waals surface area (Å²) in [6.45, 7) is 5.80. The van der Waals surface area contributed by atoms with Crippen molar-refractivity contribution in [1.82, 2.24) is 9.62 Å². The second-order valence-electron chi connectivity index (χ2n) is 7.94. The zero-order valence-electron chi connectivity index (χ0n) is 16.3. The highest BCUT2D eigenvalue weighted by Crippen LogP contribution is 2.40. The monoisotopic (exact) mass is 450 g/mol. The number of rotatable bonds is 4. The van der Waals surface area contributed by atoms with Gasteiger partial charge >= 0.3 is 0 Å². The summed E-state index contributed by atoms with van der Waals surface area (Å²) < 4.78 is 33.1. The first-order valence-electron chi connectivity index (χ1n) is 9.20. The molecule has 1 atom stereocenters. The lowest BCUT2D eigenvalue weighted by Crippen LogP contribution is -2.40. The van der Waals surface area contributed by atoms with Crippen LogP contribution in [0.4, 0.5) is 0 Å². The molecule has 1 amide bonds. The molecule has 1 aliphatic heterocycles. The van der Waals surface area contributed by atoms with E-state index in [1.807, 2.05) is 17.5 Å². The molecule has 0 fully saturated rings. The molecule has 4 rings (SSSR count). The van der Waals surface area contributed by atoms with Crippen molar-refractivity contribution in [2.24, 2.45) is 0 Å². The van der Waals surface area contributed by atoms with Crippen LogP contribution in [0.1, 0.15) is 52.7 Å². The average Bonchev–Trinajstić information content (AvgIpc) is 3.38. The number of fused-ring (bicyclic) bond motifs is 1. The van der Waals surface area contributed by atoms with Crippen molar-refractivity contribution in [3.8, 4) is 0 Å². The van der Waals surface area contributed by atoms with Gasteiger partial charge in [0.25, 0.3) is 15.9 Å². The molecule has 1 unspecified atom stereocenters. The molecule has 0 spiro atoms. The molecule has 154 valence electrons. The van der Waals surface area contributed by atoms with Crippen LogP contribution >= 0.6 is 22.7 Å². The zero-order chi connectivity index (χ0) is 20.8. The number of hydrogen-bond donors (Lipinski definition) is 1. The van der Waals surface area contributed by atoms with Crippen molar-refractivity contribution in [2.45, 2.75) is 43.9 Å². The summed E-state index contributed by atoms with van der Waals surface area (Å²) in [4.78, 5) is 17.4. The molecule has 4 heterocycles. The lowest BCUT2D eigenvalue weighted by atomic mass is 9.98. The quantitative estimate of drug-likeness (QED) is 0.644. The highest BCUT2D eigenvalue weighted by Gasteiger charge is 2.36. The second-order valence-corrected chi connectivity index (χ2v) is 11.5. The van der Waals surface area contributed by atoms with Gasteiger partial charge in [-0.1, -0.05) is 6.07 Å². The summed E-state index contributed by atoms with van der Waals surface area (Å²) in [6, 6.07) is 8.65. The number of thiophene rings is 2. The van der Waals surface area contributed by atoms with E-state index in [0.717, 1.165) is 16.9 Å². The summed E-state index contributed by atoms with van der Waals surface area (Å²) >= 11 is 3.31. The van der Waals surface area contributed by atoms with Crippen molar-refractivity contribution in [3.63, 3.8) is 0 Å². The van der Waals surface area contributed by atoms with Gasteiger partial charge in [0.2, 0.25) is 5.09 Å². The largest absolute Gasteiger partial charge is 0.438 e. The van der Waals surface area contributed by atoms with Crippen LogP contribution in [0.15, 0.2) is 50.6 Å². The third-order valence-corrected chi connectivity index (χ3v) is 8.09. The van der Waals surface area contributed by atoms with Crippen LogP contribution in [-0.2, 0) is 16.4 Å². The first-order valence-corrected chi connectivity index (χ1v) is 12.4. The Morgan fingerprint density at radius 2 is 1.97 bits per heavy atom. The van der Waals surface area contributed by atoms with Gasteiger partial charge in [-0.2, -0.15) is 0 Å². The minimum atomic E-state index is -3.84. The van der Waals surface area contributed by atoms with Crippen molar-refractivity contribution in [1.29, 1.82) is 0 Å². The van der Waals surface area contributed by atoms with Gasteiger partial charge in [-0.25, -0.2) is 13.1 Å². The third-order valence-electron chi connectivity index (χ3n) is 4.54. The Morgan fingerprint density at radius 3 is 2.66 bits per heavy atom. The summed E-state index contributed by atoms with van der Waals surface area (Å²) in [5.74, 6) is -0.281. The number of carbonyl (C=O) groups is 1. The predicted octanol–water partition coefficient (Wildman–Crippen LogP) is 4.27. The van der Waals surface area contributed by atoms with Crippen molar-refractivity contribution < 1.29 is 17.6 Å². The Bertz CT molecular complexity index is 1120. The maximum atomic E-state index is 13.3. The molecule has 0 saturated carbocycles. The van der Waals surface area contributed by atoms with E-state index in [4.69, 9.17) is 4.42 Å². The fourth-order valence-electron chi connectivity index (χ4n) is 3.46. The van der Waals surface area contributed by atoms with Crippen LogP contribution in [0.25, 0.3) is 0 Å². The van der Waals surface area contributed by atoms with E-state index in [2.05, 4.69) is 16.2 Å². The molecular formula is C20H22N2O4S3. The molecule has 6 nitrogen and oxygen atoms in total. The molecule has 3 aromatic rings. The van der Waals surface area contributed by atoms with Crippen LogP contribution in [0.5, 0.6) is 0 Å². The Labute approximate surface area is 178 Å².